The third kappa shape index (κ3) is 3.97. The second-order valence-corrected chi connectivity index (χ2v) is 6.63. The Morgan fingerprint density at radius 1 is 1.20 bits per heavy atom. The summed E-state index contributed by atoms with van der Waals surface area (Å²) in [5.41, 5.74) is 1.48. The first-order valence-corrected chi connectivity index (χ1v) is 8.66. The van der Waals surface area contributed by atoms with Gasteiger partial charge in [0.2, 0.25) is 0 Å². The van der Waals surface area contributed by atoms with E-state index in [-0.39, 0.29) is 17.8 Å². The van der Waals surface area contributed by atoms with Crippen molar-refractivity contribution in [2.45, 2.75) is 0 Å². The maximum atomic E-state index is 12.5. The largest absolute Gasteiger partial charge is 0.496 e. The van der Waals surface area contributed by atoms with E-state index < -0.39 is 0 Å². The fourth-order valence-electron chi connectivity index (χ4n) is 2.33. The first-order chi connectivity index (χ1) is 12.1. The van der Waals surface area contributed by atoms with E-state index in [9.17, 15) is 9.59 Å². The van der Waals surface area contributed by atoms with Gasteiger partial charge in [0.25, 0.3) is 11.1 Å². The van der Waals surface area contributed by atoms with E-state index in [1.807, 2.05) is 24.3 Å². The molecule has 1 N–H and O–H groups in total. The number of hydrogen-bond donors (Lipinski definition) is 1. The molecule has 7 heteroatoms. The molecule has 1 aliphatic heterocycles. The number of amides is 2. The molecule has 128 valence electrons. The van der Waals surface area contributed by atoms with Crippen molar-refractivity contribution in [2.75, 3.05) is 19.1 Å². The average molecular weight is 375 g/mol. The van der Waals surface area contributed by atoms with Crippen molar-refractivity contribution in [3.63, 3.8) is 0 Å². The highest BCUT2D eigenvalue weighted by molar-refractivity contribution is 8.18. The topological polar surface area (TPSA) is 58.6 Å². The number of halogens is 1. The molecule has 0 aromatic heterocycles. The van der Waals surface area contributed by atoms with Gasteiger partial charge in [-0.15, -0.1) is 0 Å². The average Bonchev–Trinajstić information content (AvgIpc) is 2.87. The second kappa shape index (κ2) is 7.63. The van der Waals surface area contributed by atoms with Gasteiger partial charge in [-0.3, -0.25) is 14.5 Å². The number of methoxy groups -OCH3 is 1. The summed E-state index contributed by atoms with van der Waals surface area (Å²) in [6.45, 7) is 0.0777. The Labute approximate surface area is 154 Å². The Balaban J connectivity index is 1.75. The molecule has 0 unspecified atom stereocenters. The van der Waals surface area contributed by atoms with Gasteiger partial charge in [0.05, 0.1) is 18.7 Å². The van der Waals surface area contributed by atoms with E-state index in [2.05, 4.69) is 5.32 Å². The van der Waals surface area contributed by atoms with Crippen LogP contribution in [-0.4, -0.2) is 29.8 Å². The van der Waals surface area contributed by atoms with Crippen molar-refractivity contribution in [1.29, 1.82) is 0 Å². The van der Waals surface area contributed by atoms with Crippen LogP contribution in [0.4, 0.5) is 10.5 Å². The Hall–Kier alpha value is -2.44. The lowest BCUT2D eigenvalue weighted by molar-refractivity contribution is -0.122. The van der Waals surface area contributed by atoms with Gasteiger partial charge in [-0.2, -0.15) is 0 Å². The molecule has 1 saturated heterocycles. The van der Waals surface area contributed by atoms with Crippen LogP contribution in [0.2, 0.25) is 5.02 Å². The zero-order valence-corrected chi connectivity index (χ0v) is 14.9. The second-order valence-electron chi connectivity index (χ2n) is 5.20. The Bertz CT molecular complexity index is 854. The summed E-state index contributed by atoms with van der Waals surface area (Å²) < 4.78 is 5.27. The molecule has 2 aromatic rings. The van der Waals surface area contributed by atoms with Gasteiger partial charge >= 0.3 is 0 Å². The quantitative estimate of drug-likeness (QED) is 0.783. The van der Waals surface area contributed by atoms with Crippen LogP contribution in [0.3, 0.4) is 0 Å². The van der Waals surface area contributed by atoms with E-state index in [4.69, 9.17) is 16.3 Å². The number of imide groups is 1. The van der Waals surface area contributed by atoms with Gasteiger partial charge in [0.15, 0.2) is 0 Å². The number of carbonyl (C=O) groups is 2. The molecule has 1 heterocycles. The monoisotopic (exact) mass is 374 g/mol. The van der Waals surface area contributed by atoms with Crippen molar-refractivity contribution in [2.24, 2.45) is 0 Å². The molecule has 0 aliphatic carbocycles. The highest BCUT2D eigenvalue weighted by Gasteiger charge is 2.34. The van der Waals surface area contributed by atoms with E-state index in [1.54, 1.807) is 37.5 Å². The van der Waals surface area contributed by atoms with E-state index in [1.165, 1.54) is 0 Å². The van der Waals surface area contributed by atoms with E-state index in [0.29, 0.717) is 15.7 Å². The number of thioether (sulfide) groups is 1. The Kier molecular flexibility index (Phi) is 5.31. The lowest BCUT2D eigenvalue weighted by Crippen LogP contribution is -2.33. The van der Waals surface area contributed by atoms with Crippen LogP contribution in [0, 0.1) is 0 Å². The standard InChI is InChI=1S/C18H15ClN2O3S/c1-24-15-8-3-2-5-12(15)9-16-17(22)21(18(23)25-16)11-20-14-7-4-6-13(19)10-14/h2-10,20H,11H2,1H3. The minimum atomic E-state index is -0.338. The Morgan fingerprint density at radius 2 is 2.00 bits per heavy atom. The first kappa shape index (κ1) is 17.4. The number of carbonyl (C=O) groups excluding carboxylic acids is 2. The van der Waals surface area contributed by atoms with Gasteiger partial charge in [-0.05, 0) is 42.1 Å². The summed E-state index contributed by atoms with van der Waals surface area (Å²) in [5, 5.41) is 3.29. The molecule has 25 heavy (non-hydrogen) atoms. The molecule has 0 bridgehead atoms. The van der Waals surface area contributed by atoms with Crippen LogP contribution in [-0.2, 0) is 4.79 Å². The van der Waals surface area contributed by atoms with Gasteiger partial charge in [-0.25, -0.2) is 0 Å². The fourth-order valence-corrected chi connectivity index (χ4v) is 3.35. The number of anilines is 1. The van der Waals surface area contributed by atoms with E-state index in [0.717, 1.165) is 27.9 Å². The number of hydrogen-bond acceptors (Lipinski definition) is 5. The Morgan fingerprint density at radius 3 is 2.76 bits per heavy atom. The van der Waals surface area contributed by atoms with Crippen molar-refractivity contribution in [1.82, 2.24) is 4.90 Å². The van der Waals surface area contributed by atoms with Crippen LogP contribution in [0.15, 0.2) is 53.4 Å². The summed E-state index contributed by atoms with van der Waals surface area (Å²) in [6, 6.07) is 14.4. The molecule has 0 atom stereocenters. The third-order valence-corrected chi connectivity index (χ3v) is 4.71. The van der Waals surface area contributed by atoms with Crippen molar-refractivity contribution in [3.8, 4) is 5.75 Å². The van der Waals surface area contributed by atoms with Crippen LogP contribution in [0.25, 0.3) is 6.08 Å². The highest BCUT2D eigenvalue weighted by atomic mass is 35.5. The lowest BCUT2D eigenvalue weighted by atomic mass is 10.2. The molecule has 1 aliphatic rings. The molecule has 0 radical (unpaired) electrons. The minimum absolute atomic E-state index is 0.0777. The molecular weight excluding hydrogens is 360 g/mol. The summed E-state index contributed by atoms with van der Waals surface area (Å²) in [7, 11) is 1.56. The molecule has 2 amide bonds. The number of nitrogens with one attached hydrogen (secondary N) is 1. The van der Waals surface area contributed by atoms with Gasteiger partial charge in [0.1, 0.15) is 5.75 Å². The maximum Gasteiger partial charge on any atom is 0.295 e. The van der Waals surface area contributed by atoms with Crippen LogP contribution in [0.1, 0.15) is 5.56 Å². The van der Waals surface area contributed by atoms with Crippen molar-refractivity contribution < 1.29 is 14.3 Å². The molecule has 2 aromatic carbocycles. The zero-order chi connectivity index (χ0) is 17.8. The predicted octanol–water partition coefficient (Wildman–Crippen LogP) is 4.45. The van der Waals surface area contributed by atoms with Gasteiger partial charge in [-0.1, -0.05) is 35.9 Å². The van der Waals surface area contributed by atoms with Crippen molar-refractivity contribution >= 4 is 46.3 Å². The number of ether oxygens (including phenoxy) is 1. The van der Waals surface area contributed by atoms with Crippen LogP contribution in [0.5, 0.6) is 5.75 Å². The molecule has 0 saturated carbocycles. The highest BCUT2D eigenvalue weighted by Crippen LogP contribution is 2.33. The molecule has 1 fully saturated rings. The third-order valence-electron chi connectivity index (χ3n) is 3.57. The number of rotatable bonds is 5. The smallest absolute Gasteiger partial charge is 0.295 e. The van der Waals surface area contributed by atoms with E-state index >= 15 is 0 Å². The molecule has 0 spiro atoms. The van der Waals surface area contributed by atoms with Gasteiger partial charge < -0.3 is 10.1 Å². The number of para-hydroxylation sites is 1. The lowest BCUT2D eigenvalue weighted by Gasteiger charge is -2.14. The molecule has 3 rings (SSSR count). The first-order valence-electron chi connectivity index (χ1n) is 7.46. The van der Waals surface area contributed by atoms with Crippen LogP contribution >= 0.6 is 23.4 Å². The maximum absolute atomic E-state index is 12.5. The molecular formula is C18H15ClN2O3S. The SMILES string of the molecule is COc1ccccc1C=C1SC(=O)N(CNc2cccc(Cl)c2)C1=O. The summed E-state index contributed by atoms with van der Waals surface area (Å²) in [5.74, 6) is 0.307. The fraction of sp³-hybridized carbons (Fsp3) is 0.111. The predicted molar refractivity (Wildman–Crippen MR) is 101 cm³/mol. The number of nitrogens with zero attached hydrogens (tertiary/aromatic N) is 1. The zero-order valence-electron chi connectivity index (χ0n) is 13.4. The van der Waals surface area contributed by atoms with Crippen LogP contribution < -0.4 is 10.1 Å². The van der Waals surface area contributed by atoms with Gasteiger partial charge in [0, 0.05) is 16.3 Å². The summed E-state index contributed by atoms with van der Waals surface area (Å²) in [6.07, 6.45) is 1.67. The summed E-state index contributed by atoms with van der Waals surface area (Å²) >= 11 is 6.84. The number of benzene rings is 2. The van der Waals surface area contributed by atoms with Crippen molar-refractivity contribution in [3.05, 3.63) is 64.0 Å². The molecule has 5 nitrogen and oxygen atoms in total. The normalized spacial score (nSPS) is 15.8. The summed E-state index contributed by atoms with van der Waals surface area (Å²) in [4.78, 5) is 26.2. The minimum Gasteiger partial charge on any atom is -0.496 e.